The van der Waals surface area contributed by atoms with Crippen LogP contribution in [0.2, 0.25) is 0 Å². The number of benzene rings is 2. The maximum Gasteiger partial charge on any atom is 0.311 e. The molecular formula is C19H18BrNO3. The third-order valence-electron chi connectivity index (χ3n) is 4.03. The number of amides is 1. The molecule has 1 fully saturated rings. The molecule has 3 rings (SSSR count). The Morgan fingerprint density at radius 2 is 1.88 bits per heavy atom. The van der Waals surface area contributed by atoms with Gasteiger partial charge in [-0.25, -0.2) is 0 Å². The standard InChI is InChI=1S/C19H18BrNO3/c20-17-8-4-7-15(9-17)13-24-19(23)16-10-18(22)21(12-16)11-14-5-2-1-3-6-14/h1-9,16H,10-13H2. The molecule has 0 N–H and O–H groups in total. The molecule has 0 aliphatic carbocycles. The molecule has 2 aromatic rings. The first-order valence-corrected chi connectivity index (χ1v) is 8.64. The molecule has 0 bridgehead atoms. The first-order valence-electron chi connectivity index (χ1n) is 7.84. The molecule has 1 aliphatic rings. The fourth-order valence-electron chi connectivity index (χ4n) is 2.79. The van der Waals surface area contributed by atoms with Crippen LogP contribution in [0.5, 0.6) is 0 Å². The summed E-state index contributed by atoms with van der Waals surface area (Å²) in [5.41, 5.74) is 1.98. The molecule has 1 heterocycles. The van der Waals surface area contributed by atoms with Crippen LogP contribution in [0.15, 0.2) is 59.1 Å². The summed E-state index contributed by atoms with van der Waals surface area (Å²) in [4.78, 5) is 26.1. The van der Waals surface area contributed by atoms with Gasteiger partial charge in [-0.15, -0.1) is 0 Å². The molecule has 24 heavy (non-hydrogen) atoms. The van der Waals surface area contributed by atoms with Gasteiger partial charge in [0.15, 0.2) is 0 Å². The number of rotatable bonds is 5. The van der Waals surface area contributed by atoms with Gasteiger partial charge < -0.3 is 9.64 Å². The molecule has 4 nitrogen and oxygen atoms in total. The summed E-state index contributed by atoms with van der Waals surface area (Å²) in [7, 11) is 0. The molecule has 2 aromatic carbocycles. The SMILES string of the molecule is O=C(OCc1cccc(Br)c1)C1CC(=O)N(Cc2ccccc2)C1. The van der Waals surface area contributed by atoms with Gasteiger partial charge in [0.1, 0.15) is 6.61 Å². The largest absolute Gasteiger partial charge is 0.461 e. The highest BCUT2D eigenvalue weighted by Crippen LogP contribution is 2.22. The molecule has 1 atom stereocenters. The van der Waals surface area contributed by atoms with Crippen molar-refractivity contribution < 1.29 is 14.3 Å². The molecule has 5 heteroatoms. The van der Waals surface area contributed by atoms with E-state index >= 15 is 0 Å². The van der Waals surface area contributed by atoms with Crippen molar-refractivity contribution >= 4 is 27.8 Å². The van der Waals surface area contributed by atoms with Gasteiger partial charge in [-0.1, -0.05) is 58.4 Å². The quantitative estimate of drug-likeness (QED) is 0.737. The molecule has 1 unspecified atom stereocenters. The van der Waals surface area contributed by atoms with Crippen LogP contribution in [-0.2, 0) is 27.5 Å². The number of likely N-dealkylation sites (tertiary alicyclic amines) is 1. The van der Waals surface area contributed by atoms with Crippen molar-refractivity contribution in [2.45, 2.75) is 19.6 Å². The summed E-state index contributed by atoms with van der Waals surface area (Å²) in [6.07, 6.45) is 0.226. The van der Waals surface area contributed by atoms with Gasteiger partial charge in [-0.2, -0.15) is 0 Å². The Hall–Kier alpha value is -2.14. The lowest BCUT2D eigenvalue weighted by Crippen LogP contribution is -2.26. The number of carbonyl (C=O) groups excluding carboxylic acids is 2. The summed E-state index contributed by atoms with van der Waals surface area (Å²) in [6, 6.07) is 17.4. The molecule has 1 aliphatic heterocycles. The Balaban J connectivity index is 1.54. The lowest BCUT2D eigenvalue weighted by molar-refractivity contribution is -0.149. The number of nitrogens with zero attached hydrogens (tertiary/aromatic N) is 1. The van der Waals surface area contributed by atoms with E-state index in [0.717, 1.165) is 15.6 Å². The third-order valence-corrected chi connectivity index (χ3v) is 4.53. The number of hydrogen-bond acceptors (Lipinski definition) is 3. The predicted octanol–water partition coefficient (Wildman–Crippen LogP) is 3.54. The Kier molecular flexibility index (Phi) is 5.30. The zero-order valence-electron chi connectivity index (χ0n) is 13.2. The summed E-state index contributed by atoms with van der Waals surface area (Å²) in [6.45, 7) is 1.18. The van der Waals surface area contributed by atoms with Crippen molar-refractivity contribution in [3.8, 4) is 0 Å². The van der Waals surface area contributed by atoms with Gasteiger partial charge in [-0.05, 0) is 23.3 Å². The number of ether oxygens (including phenoxy) is 1. The summed E-state index contributed by atoms with van der Waals surface area (Å²) >= 11 is 3.39. The van der Waals surface area contributed by atoms with E-state index in [4.69, 9.17) is 4.74 Å². The van der Waals surface area contributed by atoms with Crippen molar-refractivity contribution in [1.29, 1.82) is 0 Å². The Morgan fingerprint density at radius 3 is 2.62 bits per heavy atom. The van der Waals surface area contributed by atoms with Gasteiger partial charge in [0.05, 0.1) is 5.92 Å². The van der Waals surface area contributed by atoms with E-state index < -0.39 is 0 Å². The number of esters is 1. The first kappa shape index (κ1) is 16.7. The van der Waals surface area contributed by atoms with Crippen LogP contribution in [0.25, 0.3) is 0 Å². The lowest BCUT2D eigenvalue weighted by Gasteiger charge is -2.16. The average molecular weight is 388 g/mol. The van der Waals surface area contributed by atoms with Crippen LogP contribution >= 0.6 is 15.9 Å². The van der Waals surface area contributed by atoms with Gasteiger partial charge in [0.2, 0.25) is 5.91 Å². The highest BCUT2D eigenvalue weighted by molar-refractivity contribution is 9.10. The fraction of sp³-hybridized carbons (Fsp3) is 0.263. The first-order chi connectivity index (χ1) is 11.6. The Bertz CT molecular complexity index is 732. The molecule has 1 saturated heterocycles. The predicted molar refractivity (Wildman–Crippen MR) is 93.9 cm³/mol. The molecule has 0 saturated carbocycles. The topological polar surface area (TPSA) is 46.6 Å². The molecular weight excluding hydrogens is 370 g/mol. The summed E-state index contributed by atoms with van der Waals surface area (Å²) in [5, 5.41) is 0. The zero-order chi connectivity index (χ0) is 16.9. The van der Waals surface area contributed by atoms with Crippen molar-refractivity contribution in [3.05, 3.63) is 70.2 Å². The van der Waals surface area contributed by atoms with Crippen LogP contribution in [0.1, 0.15) is 17.5 Å². The van der Waals surface area contributed by atoms with Gasteiger partial charge in [0.25, 0.3) is 0 Å². The van der Waals surface area contributed by atoms with Crippen molar-refractivity contribution in [3.63, 3.8) is 0 Å². The normalized spacial score (nSPS) is 17.1. The minimum atomic E-state index is -0.381. The van der Waals surface area contributed by atoms with Gasteiger partial charge >= 0.3 is 5.97 Å². The van der Waals surface area contributed by atoms with E-state index in [2.05, 4.69) is 15.9 Å². The maximum absolute atomic E-state index is 12.2. The van der Waals surface area contributed by atoms with Crippen LogP contribution in [0.3, 0.4) is 0 Å². The van der Waals surface area contributed by atoms with E-state index in [1.807, 2.05) is 54.6 Å². The second kappa shape index (κ2) is 7.62. The van der Waals surface area contributed by atoms with E-state index in [1.54, 1.807) is 4.90 Å². The van der Waals surface area contributed by atoms with Crippen molar-refractivity contribution in [2.24, 2.45) is 5.92 Å². The molecule has 1 amide bonds. The van der Waals surface area contributed by atoms with E-state index in [0.29, 0.717) is 13.1 Å². The van der Waals surface area contributed by atoms with Gasteiger partial charge in [0, 0.05) is 24.0 Å². The van der Waals surface area contributed by atoms with E-state index in [1.165, 1.54) is 0 Å². The Morgan fingerprint density at radius 1 is 1.12 bits per heavy atom. The highest BCUT2D eigenvalue weighted by atomic mass is 79.9. The van der Waals surface area contributed by atoms with Crippen LogP contribution in [0, 0.1) is 5.92 Å². The number of halogens is 1. The summed E-state index contributed by atoms with van der Waals surface area (Å²) < 4.78 is 6.32. The smallest absolute Gasteiger partial charge is 0.311 e. The minimum Gasteiger partial charge on any atom is -0.461 e. The number of carbonyl (C=O) groups is 2. The van der Waals surface area contributed by atoms with E-state index in [-0.39, 0.29) is 30.8 Å². The molecule has 0 spiro atoms. The van der Waals surface area contributed by atoms with Crippen molar-refractivity contribution in [2.75, 3.05) is 6.54 Å². The Labute approximate surface area is 149 Å². The van der Waals surface area contributed by atoms with E-state index in [9.17, 15) is 9.59 Å². The van der Waals surface area contributed by atoms with Crippen molar-refractivity contribution in [1.82, 2.24) is 4.90 Å². The number of hydrogen-bond donors (Lipinski definition) is 0. The second-order valence-corrected chi connectivity index (χ2v) is 6.81. The lowest BCUT2D eigenvalue weighted by atomic mass is 10.1. The van der Waals surface area contributed by atoms with Crippen LogP contribution in [-0.4, -0.2) is 23.3 Å². The molecule has 124 valence electrons. The van der Waals surface area contributed by atoms with Gasteiger partial charge in [-0.3, -0.25) is 9.59 Å². The van der Waals surface area contributed by atoms with Crippen LogP contribution < -0.4 is 0 Å². The maximum atomic E-state index is 12.2. The summed E-state index contributed by atoms with van der Waals surface area (Å²) in [5.74, 6) is -0.685. The minimum absolute atomic E-state index is 0.00302. The third kappa shape index (κ3) is 4.23. The molecule has 0 radical (unpaired) electrons. The molecule has 0 aromatic heterocycles. The fourth-order valence-corrected chi connectivity index (χ4v) is 3.23. The monoisotopic (exact) mass is 387 g/mol. The highest BCUT2D eigenvalue weighted by Gasteiger charge is 2.35. The average Bonchev–Trinajstić information content (AvgIpc) is 2.95. The zero-order valence-corrected chi connectivity index (χ0v) is 14.7. The second-order valence-electron chi connectivity index (χ2n) is 5.90. The van der Waals surface area contributed by atoms with Crippen LogP contribution in [0.4, 0.5) is 0 Å².